The summed E-state index contributed by atoms with van der Waals surface area (Å²) >= 11 is 0. The van der Waals surface area contributed by atoms with Crippen molar-refractivity contribution in [2.45, 2.75) is 0 Å². The van der Waals surface area contributed by atoms with Crippen LogP contribution < -0.4 is 9.30 Å². The van der Waals surface area contributed by atoms with Gasteiger partial charge in [-0.2, -0.15) is 0 Å². The van der Waals surface area contributed by atoms with Gasteiger partial charge in [-0.3, -0.25) is 13.7 Å². The molecular formula is C46H32N6O. The molecule has 0 spiro atoms. The van der Waals surface area contributed by atoms with Gasteiger partial charge in [0.1, 0.15) is 17.3 Å². The monoisotopic (exact) mass is 684 g/mol. The van der Waals surface area contributed by atoms with E-state index in [9.17, 15) is 0 Å². The number of fused-ring (bicyclic) bond motifs is 12. The molecule has 0 fully saturated rings. The fourth-order valence-electron chi connectivity index (χ4n) is 8.41. The minimum atomic E-state index is 0.739. The highest BCUT2D eigenvalue weighted by molar-refractivity contribution is 6.40. The van der Waals surface area contributed by atoms with Crippen LogP contribution in [0.4, 0.5) is 0 Å². The van der Waals surface area contributed by atoms with E-state index in [-0.39, 0.29) is 0 Å². The Bertz CT molecular complexity index is 3220. The molecule has 0 radical (unpaired) electrons. The van der Waals surface area contributed by atoms with E-state index in [1.165, 1.54) is 49.0 Å². The largest absolute Gasteiger partial charge is 0.458 e. The van der Waals surface area contributed by atoms with E-state index in [1.807, 2.05) is 70.2 Å². The van der Waals surface area contributed by atoms with E-state index in [2.05, 4.69) is 131 Å². The molecule has 252 valence electrons. The van der Waals surface area contributed by atoms with Gasteiger partial charge in [-0.15, -0.1) is 0 Å². The lowest BCUT2D eigenvalue weighted by molar-refractivity contribution is -0.599. The van der Waals surface area contributed by atoms with E-state index >= 15 is 0 Å². The fraction of sp³-hybridized carbons (Fsp3) is 0.0435. The predicted molar refractivity (Wildman–Crippen MR) is 213 cm³/mol. The van der Waals surface area contributed by atoms with Crippen molar-refractivity contribution in [3.05, 3.63) is 164 Å². The fourth-order valence-corrected chi connectivity index (χ4v) is 8.41. The first-order valence-corrected chi connectivity index (χ1v) is 17.8. The van der Waals surface area contributed by atoms with Crippen LogP contribution in [0.2, 0.25) is 0 Å². The van der Waals surface area contributed by atoms with Gasteiger partial charge in [-0.05, 0) is 66.7 Å². The Morgan fingerprint density at radius 1 is 0.566 bits per heavy atom. The van der Waals surface area contributed by atoms with Crippen LogP contribution in [-0.2, 0) is 14.1 Å². The Hall–Kier alpha value is -7.12. The average molecular weight is 685 g/mol. The lowest BCUT2D eigenvalue weighted by Gasteiger charge is -2.11. The van der Waals surface area contributed by atoms with E-state index < -0.39 is 0 Å². The number of nitrogens with zero attached hydrogens (tertiary/aromatic N) is 6. The highest BCUT2D eigenvalue weighted by Crippen LogP contribution is 2.48. The molecule has 5 heterocycles. The number of aromatic nitrogens is 6. The molecule has 0 saturated carbocycles. The zero-order valence-electron chi connectivity index (χ0n) is 29.1. The summed E-state index contributed by atoms with van der Waals surface area (Å²) in [6, 6.07) is 48.4. The summed E-state index contributed by atoms with van der Waals surface area (Å²) in [4.78, 5) is 4.94. The van der Waals surface area contributed by atoms with Gasteiger partial charge < -0.3 is 13.9 Å². The zero-order chi connectivity index (χ0) is 35.2. The number of hydrogen-bond acceptors (Lipinski definition) is 2. The first kappa shape index (κ1) is 29.6. The molecule has 0 atom stereocenters. The van der Waals surface area contributed by atoms with Crippen LogP contribution in [0.25, 0.3) is 82.6 Å². The molecule has 53 heavy (non-hydrogen) atoms. The van der Waals surface area contributed by atoms with E-state index in [0.717, 1.165) is 45.1 Å². The maximum absolute atomic E-state index is 6.67. The molecule has 7 heteroatoms. The van der Waals surface area contributed by atoms with Gasteiger partial charge in [0.15, 0.2) is 0 Å². The Labute approximate surface area is 304 Å². The van der Waals surface area contributed by atoms with Crippen LogP contribution in [0.5, 0.6) is 11.5 Å². The molecule has 0 aliphatic heterocycles. The third-order valence-electron chi connectivity index (χ3n) is 10.7. The van der Waals surface area contributed by atoms with E-state index in [1.54, 1.807) is 0 Å². The molecule has 7 nitrogen and oxygen atoms in total. The number of aryl methyl sites for hydroxylation is 2. The highest BCUT2D eigenvalue weighted by Gasteiger charge is 2.27. The van der Waals surface area contributed by atoms with Gasteiger partial charge in [0, 0.05) is 82.1 Å². The van der Waals surface area contributed by atoms with Gasteiger partial charge in [-0.1, -0.05) is 66.7 Å². The maximum atomic E-state index is 6.67. The summed E-state index contributed by atoms with van der Waals surface area (Å²) in [5.74, 6) is 2.33. The lowest BCUT2D eigenvalue weighted by Crippen LogP contribution is -2.28. The molecule has 5 aromatic heterocycles. The maximum Gasteiger partial charge on any atom is 0.268 e. The second kappa shape index (κ2) is 11.2. The van der Waals surface area contributed by atoms with Gasteiger partial charge in [0.2, 0.25) is 0 Å². The summed E-state index contributed by atoms with van der Waals surface area (Å²) in [5.41, 5.74) is 8.95. The minimum absolute atomic E-state index is 0.739. The number of ether oxygens (including phenoxy) is 1. The zero-order valence-corrected chi connectivity index (χ0v) is 29.1. The SMILES string of the molecule is Cn1c2ccccc2c2c3c4ccccc4n(C)c3c3c(c4ccc(Oc5cccc(-[n+]6[c-]n(-c7ccccc7)cc6)c5)cc4n3-c3ccccn3)c21. The Morgan fingerprint density at radius 2 is 1.25 bits per heavy atom. The quantitative estimate of drug-likeness (QED) is 0.134. The van der Waals surface area contributed by atoms with Crippen LogP contribution >= 0.6 is 0 Å². The van der Waals surface area contributed by atoms with Crippen molar-refractivity contribution in [3.63, 3.8) is 0 Å². The summed E-state index contributed by atoms with van der Waals surface area (Å²) in [6.45, 7) is 0. The summed E-state index contributed by atoms with van der Waals surface area (Å²) in [7, 11) is 4.38. The number of benzene rings is 6. The van der Waals surface area contributed by atoms with Crippen LogP contribution in [-0.4, -0.2) is 23.3 Å². The molecule has 6 aromatic carbocycles. The van der Waals surface area contributed by atoms with Crippen LogP contribution in [0, 0.1) is 6.33 Å². The number of pyridine rings is 1. The molecule has 0 aliphatic rings. The molecule has 11 aromatic rings. The van der Waals surface area contributed by atoms with E-state index in [0.29, 0.717) is 0 Å². The number of imidazole rings is 1. The second-order valence-electron chi connectivity index (χ2n) is 13.6. The van der Waals surface area contributed by atoms with Crippen molar-refractivity contribution in [1.29, 1.82) is 0 Å². The Morgan fingerprint density at radius 3 is 2.02 bits per heavy atom. The molecule has 0 unspecified atom stereocenters. The molecule has 11 rings (SSSR count). The second-order valence-corrected chi connectivity index (χ2v) is 13.6. The lowest BCUT2D eigenvalue weighted by atomic mass is 10.0. The van der Waals surface area contributed by atoms with Crippen LogP contribution in [0.3, 0.4) is 0 Å². The van der Waals surface area contributed by atoms with Crippen molar-refractivity contribution in [1.82, 2.24) is 23.3 Å². The summed E-state index contributed by atoms with van der Waals surface area (Å²) < 4.78 is 17.7. The molecule has 0 aliphatic carbocycles. The van der Waals surface area contributed by atoms with Crippen molar-refractivity contribution >= 4 is 65.4 Å². The smallest absolute Gasteiger partial charge is 0.268 e. The van der Waals surface area contributed by atoms with Crippen LogP contribution in [0.1, 0.15) is 0 Å². The number of hydrogen-bond donors (Lipinski definition) is 0. The average Bonchev–Trinajstić information content (AvgIpc) is 3.97. The first-order valence-electron chi connectivity index (χ1n) is 17.8. The normalized spacial score (nSPS) is 12.0. The standard InChI is InChI=1S/C46H32N6O/c1-48-37-19-8-6-17-34(37)41-42-35-18-7-9-20-38(35)49(2)45(42)46-43(44(41)48)36-23-22-33(28-39(36)52(46)40-21-10-11-24-47-40)53-32-16-12-15-31(27-32)51-26-25-50(29-51)30-13-4-3-5-14-30/h3-28H,1-2H3. The third kappa shape index (κ3) is 4.28. The molecule has 0 amide bonds. The van der Waals surface area contributed by atoms with Crippen molar-refractivity contribution in [2.75, 3.05) is 0 Å². The van der Waals surface area contributed by atoms with Gasteiger partial charge in [0.25, 0.3) is 6.33 Å². The van der Waals surface area contributed by atoms with Crippen LogP contribution in [0.15, 0.2) is 158 Å². The molecule has 0 N–H and O–H groups in total. The van der Waals surface area contributed by atoms with Crippen molar-refractivity contribution < 1.29 is 9.30 Å². The van der Waals surface area contributed by atoms with Gasteiger partial charge >= 0.3 is 0 Å². The Balaban J connectivity index is 1.17. The van der Waals surface area contributed by atoms with Gasteiger partial charge in [-0.25, -0.2) is 4.98 Å². The van der Waals surface area contributed by atoms with E-state index in [4.69, 9.17) is 9.72 Å². The third-order valence-corrected chi connectivity index (χ3v) is 10.7. The van der Waals surface area contributed by atoms with Crippen molar-refractivity contribution in [3.8, 4) is 28.7 Å². The summed E-state index contributed by atoms with van der Waals surface area (Å²) in [5, 5.41) is 7.36. The molecule has 0 bridgehead atoms. The predicted octanol–water partition coefficient (Wildman–Crippen LogP) is 10.1. The molecular weight excluding hydrogens is 653 g/mol. The first-order chi connectivity index (χ1) is 26.1. The number of rotatable bonds is 5. The number of para-hydroxylation sites is 3. The minimum Gasteiger partial charge on any atom is -0.458 e. The van der Waals surface area contributed by atoms with Gasteiger partial charge in [0.05, 0.1) is 33.4 Å². The van der Waals surface area contributed by atoms with Crippen molar-refractivity contribution in [2.24, 2.45) is 14.1 Å². The highest BCUT2D eigenvalue weighted by atomic mass is 16.5. The summed E-state index contributed by atoms with van der Waals surface area (Å²) in [6.07, 6.45) is 9.30. The molecule has 0 saturated heterocycles. The Kier molecular flexibility index (Phi) is 6.25. The topological polar surface area (TPSA) is 45.7 Å².